The molecule has 110 valence electrons. The van der Waals surface area contributed by atoms with Crippen molar-refractivity contribution in [1.82, 2.24) is 9.88 Å². The molecule has 1 aromatic heterocycles. The van der Waals surface area contributed by atoms with Crippen molar-refractivity contribution in [2.45, 2.75) is 25.8 Å². The van der Waals surface area contributed by atoms with Gasteiger partial charge in [0.2, 0.25) is 0 Å². The highest BCUT2D eigenvalue weighted by Gasteiger charge is 2.33. The topological polar surface area (TPSA) is 53.4 Å². The number of carboxylic acid groups (broad SMARTS) is 1. The lowest BCUT2D eigenvalue weighted by molar-refractivity contribution is 0.141. The van der Waals surface area contributed by atoms with Gasteiger partial charge in [0, 0.05) is 12.1 Å². The van der Waals surface area contributed by atoms with Crippen molar-refractivity contribution in [2.75, 3.05) is 6.54 Å². The molecule has 6 heteroatoms. The Bertz CT molecular complexity index is 669. The summed E-state index contributed by atoms with van der Waals surface area (Å²) in [6, 6.07) is 6.03. The number of rotatable bonds is 2. The first-order chi connectivity index (χ1) is 10.1. The maximum absolute atomic E-state index is 13.1. The molecule has 0 bridgehead atoms. The standard InChI is InChI=1S/C15H15FN2O2S/c1-9-17-13(10-4-6-11(16)7-5-10)14(21-9)12-3-2-8-18(12)15(19)20/h4-7,12H,2-3,8H2,1H3,(H,19,20). The molecule has 0 spiro atoms. The van der Waals surface area contributed by atoms with Crippen molar-refractivity contribution in [3.63, 3.8) is 0 Å². The Balaban J connectivity index is 2.03. The van der Waals surface area contributed by atoms with E-state index in [1.807, 2.05) is 6.92 Å². The van der Waals surface area contributed by atoms with Crippen LogP contribution in [0.25, 0.3) is 11.3 Å². The van der Waals surface area contributed by atoms with Crippen molar-refractivity contribution in [2.24, 2.45) is 0 Å². The van der Waals surface area contributed by atoms with Crippen LogP contribution in [0, 0.1) is 12.7 Å². The van der Waals surface area contributed by atoms with Gasteiger partial charge in [-0.25, -0.2) is 14.2 Å². The first-order valence-electron chi connectivity index (χ1n) is 6.79. The quantitative estimate of drug-likeness (QED) is 0.910. The molecule has 1 unspecified atom stereocenters. The maximum atomic E-state index is 13.1. The fourth-order valence-corrected chi connectivity index (χ4v) is 3.85. The van der Waals surface area contributed by atoms with E-state index in [-0.39, 0.29) is 11.9 Å². The summed E-state index contributed by atoms with van der Waals surface area (Å²) in [7, 11) is 0. The van der Waals surface area contributed by atoms with E-state index in [9.17, 15) is 14.3 Å². The van der Waals surface area contributed by atoms with Crippen LogP contribution in [0.4, 0.5) is 9.18 Å². The Morgan fingerprint density at radius 1 is 1.43 bits per heavy atom. The van der Waals surface area contributed by atoms with Gasteiger partial charge in [-0.2, -0.15) is 0 Å². The second-order valence-corrected chi connectivity index (χ2v) is 6.32. The van der Waals surface area contributed by atoms with Crippen LogP contribution in [-0.2, 0) is 0 Å². The van der Waals surface area contributed by atoms with E-state index in [2.05, 4.69) is 4.98 Å². The minimum absolute atomic E-state index is 0.145. The number of amides is 1. The number of hydrogen-bond donors (Lipinski definition) is 1. The van der Waals surface area contributed by atoms with Gasteiger partial charge in [0.15, 0.2) is 0 Å². The Hall–Kier alpha value is -1.95. The van der Waals surface area contributed by atoms with Crippen LogP contribution in [-0.4, -0.2) is 27.6 Å². The van der Waals surface area contributed by atoms with E-state index in [1.165, 1.54) is 28.4 Å². The summed E-state index contributed by atoms with van der Waals surface area (Å²) in [6.07, 6.45) is 0.771. The van der Waals surface area contributed by atoms with Crippen LogP contribution in [0.15, 0.2) is 24.3 Å². The zero-order valence-corrected chi connectivity index (χ0v) is 12.4. The summed E-state index contributed by atoms with van der Waals surface area (Å²) >= 11 is 1.52. The summed E-state index contributed by atoms with van der Waals surface area (Å²) in [6.45, 7) is 2.46. The van der Waals surface area contributed by atoms with Gasteiger partial charge < -0.3 is 10.0 Å². The number of thiazole rings is 1. The van der Waals surface area contributed by atoms with E-state index in [0.717, 1.165) is 34.0 Å². The fourth-order valence-electron chi connectivity index (χ4n) is 2.75. The molecule has 1 aromatic carbocycles. The Morgan fingerprint density at radius 3 is 2.81 bits per heavy atom. The first kappa shape index (κ1) is 14.0. The summed E-state index contributed by atoms with van der Waals surface area (Å²) in [5.41, 5.74) is 1.60. The summed E-state index contributed by atoms with van der Waals surface area (Å²) < 4.78 is 13.1. The maximum Gasteiger partial charge on any atom is 0.407 e. The van der Waals surface area contributed by atoms with Gasteiger partial charge >= 0.3 is 6.09 Å². The number of hydrogen-bond acceptors (Lipinski definition) is 3. The largest absolute Gasteiger partial charge is 0.465 e. The van der Waals surface area contributed by atoms with Crippen LogP contribution < -0.4 is 0 Å². The number of aryl methyl sites for hydroxylation is 1. The molecule has 1 N–H and O–H groups in total. The molecule has 0 radical (unpaired) electrons. The van der Waals surface area contributed by atoms with E-state index < -0.39 is 6.09 Å². The molecule has 2 aromatic rings. The first-order valence-corrected chi connectivity index (χ1v) is 7.60. The molecule has 1 amide bonds. The number of likely N-dealkylation sites (tertiary alicyclic amines) is 1. The Morgan fingerprint density at radius 2 is 2.14 bits per heavy atom. The van der Waals surface area contributed by atoms with Gasteiger partial charge in [-0.1, -0.05) is 0 Å². The zero-order chi connectivity index (χ0) is 15.0. The highest BCUT2D eigenvalue weighted by atomic mass is 32.1. The van der Waals surface area contributed by atoms with Gasteiger partial charge in [0.1, 0.15) is 5.82 Å². The van der Waals surface area contributed by atoms with Crippen LogP contribution in [0.1, 0.15) is 28.8 Å². The van der Waals surface area contributed by atoms with Crippen LogP contribution in [0.5, 0.6) is 0 Å². The monoisotopic (exact) mass is 306 g/mol. The summed E-state index contributed by atoms with van der Waals surface area (Å²) in [5, 5.41) is 10.2. The van der Waals surface area contributed by atoms with E-state index in [0.29, 0.717) is 6.54 Å². The molecule has 0 saturated carbocycles. The minimum Gasteiger partial charge on any atom is -0.465 e. The van der Waals surface area contributed by atoms with Crippen molar-refractivity contribution in [1.29, 1.82) is 0 Å². The third-order valence-electron chi connectivity index (χ3n) is 3.68. The van der Waals surface area contributed by atoms with Crippen LogP contribution in [0.3, 0.4) is 0 Å². The van der Waals surface area contributed by atoms with E-state index in [4.69, 9.17) is 0 Å². The van der Waals surface area contributed by atoms with Crippen LogP contribution in [0.2, 0.25) is 0 Å². The lowest BCUT2D eigenvalue weighted by Gasteiger charge is -2.21. The fraction of sp³-hybridized carbons (Fsp3) is 0.333. The lowest BCUT2D eigenvalue weighted by Crippen LogP contribution is -2.28. The third kappa shape index (κ3) is 2.63. The Kier molecular flexibility index (Phi) is 3.63. The molecule has 1 aliphatic heterocycles. The molecule has 2 heterocycles. The van der Waals surface area contributed by atoms with Gasteiger partial charge in [-0.3, -0.25) is 0 Å². The summed E-state index contributed by atoms with van der Waals surface area (Å²) in [4.78, 5) is 18.3. The normalized spacial score (nSPS) is 18.2. The molecule has 4 nitrogen and oxygen atoms in total. The molecule has 1 fully saturated rings. The highest BCUT2D eigenvalue weighted by molar-refractivity contribution is 7.12. The predicted molar refractivity (Wildman–Crippen MR) is 79.0 cm³/mol. The van der Waals surface area contributed by atoms with Gasteiger partial charge in [0.05, 0.1) is 21.6 Å². The van der Waals surface area contributed by atoms with Crippen molar-refractivity contribution in [3.05, 3.63) is 40.0 Å². The Labute approximate surface area is 125 Å². The van der Waals surface area contributed by atoms with E-state index in [1.54, 1.807) is 12.1 Å². The molecule has 1 aliphatic rings. The van der Waals surface area contributed by atoms with Gasteiger partial charge in [-0.05, 0) is 44.0 Å². The molecule has 1 atom stereocenters. The lowest BCUT2D eigenvalue weighted by atomic mass is 10.1. The highest BCUT2D eigenvalue weighted by Crippen LogP contribution is 2.40. The smallest absolute Gasteiger partial charge is 0.407 e. The SMILES string of the molecule is Cc1nc(-c2ccc(F)cc2)c(C2CCCN2C(=O)O)s1. The molecule has 1 saturated heterocycles. The molecule has 3 rings (SSSR count). The van der Waals surface area contributed by atoms with Gasteiger partial charge in [0.25, 0.3) is 0 Å². The molecular formula is C15H15FN2O2S. The number of carbonyl (C=O) groups is 1. The van der Waals surface area contributed by atoms with E-state index >= 15 is 0 Å². The summed E-state index contributed by atoms with van der Waals surface area (Å²) in [5.74, 6) is -0.291. The van der Waals surface area contributed by atoms with Crippen LogP contribution >= 0.6 is 11.3 Å². The second kappa shape index (κ2) is 5.44. The number of halogens is 1. The van der Waals surface area contributed by atoms with Crippen molar-refractivity contribution in [3.8, 4) is 11.3 Å². The number of nitrogens with zero attached hydrogens (tertiary/aromatic N) is 2. The second-order valence-electron chi connectivity index (χ2n) is 5.09. The minimum atomic E-state index is -0.895. The third-order valence-corrected chi connectivity index (χ3v) is 4.75. The van der Waals surface area contributed by atoms with Gasteiger partial charge in [-0.15, -0.1) is 11.3 Å². The number of aromatic nitrogens is 1. The molecular weight excluding hydrogens is 291 g/mol. The average molecular weight is 306 g/mol. The molecule has 21 heavy (non-hydrogen) atoms. The predicted octanol–water partition coefficient (Wildman–Crippen LogP) is 4.07. The molecule has 0 aliphatic carbocycles. The van der Waals surface area contributed by atoms with Crippen molar-refractivity contribution < 1.29 is 14.3 Å². The number of benzene rings is 1. The zero-order valence-electron chi connectivity index (χ0n) is 11.5. The van der Waals surface area contributed by atoms with Crippen molar-refractivity contribution >= 4 is 17.4 Å². The average Bonchev–Trinajstić information content (AvgIpc) is 3.05.